The van der Waals surface area contributed by atoms with Crippen LogP contribution in [0.1, 0.15) is 5.56 Å². The quantitative estimate of drug-likeness (QED) is 0.169. The summed E-state index contributed by atoms with van der Waals surface area (Å²) in [6, 6.07) is 63.7. The van der Waals surface area contributed by atoms with Gasteiger partial charge in [0.05, 0.1) is 57.0 Å². The van der Waals surface area contributed by atoms with Gasteiger partial charge in [0.2, 0.25) is 0 Å². The van der Waals surface area contributed by atoms with E-state index in [-0.39, 0.29) is 0 Å². The summed E-state index contributed by atoms with van der Waals surface area (Å²) in [4.78, 5) is 3.83. The van der Waals surface area contributed by atoms with Gasteiger partial charge in [-0.25, -0.2) is 4.85 Å². The lowest BCUT2D eigenvalue weighted by molar-refractivity contribution is 1.17. The van der Waals surface area contributed by atoms with Crippen molar-refractivity contribution in [2.45, 2.75) is 0 Å². The van der Waals surface area contributed by atoms with Crippen molar-refractivity contribution in [3.63, 3.8) is 0 Å². The number of nitrogens with zero attached hydrogens (tertiary/aromatic N) is 5. The predicted molar refractivity (Wildman–Crippen MR) is 226 cm³/mol. The van der Waals surface area contributed by atoms with E-state index in [2.05, 4.69) is 176 Å². The molecule has 0 aliphatic rings. The van der Waals surface area contributed by atoms with E-state index in [0.717, 1.165) is 77.4 Å². The van der Waals surface area contributed by atoms with Crippen LogP contribution >= 0.6 is 0 Å². The van der Waals surface area contributed by atoms with Crippen LogP contribution in [0.25, 0.3) is 98.5 Å². The van der Waals surface area contributed by atoms with Gasteiger partial charge in [-0.05, 0) is 78.4 Å². The third-order valence-electron chi connectivity index (χ3n) is 11.1. The fourth-order valence-corrected chi connectivity index (χ4v) is 8.76. The summed E-state index contributed by atoms with van der Waals surface area (Å²) in [7, 11) is 0. The first-order valence-corrected chi connectivity index (χ1v) is 18.3. The Morgan fingerprint density at radius 2 is 0.982 bits per heavy atom. The highest BCUT2D eigenvalue weighted by atomic mass is 15.0. The Labute approximate surface area is 316 Å². The number of rotatable bonds is 4. The maximum absolute atomic E-state index is 9.73. The Morgan fingerprint density at radius 1 is 0.436 bits per heavy atom. The molecule has 0 bridgehead atoms. The molecule has 0 N–H and O–H groups in total. The van der Waals surface area contributed by atoms with Gasteiger partial charge in [0.1, 0.15) is 0 Å². The second kappa shape index (κ2) is 11.8. The predicted octanol–water partition coefficient (Wildman–Crippen LogP) is 13.1. The lowest BCUT2D eigenvalue weighted by atomic mass is 10.0. The maximum Gasteiger partial charge on any atom is 0.189 e. The van der Waals surface area contributed by atoms with Crippen molar-refractivity contribution < 1.29 is 0 Å². The molecule has 5 heteroatoms. The van der Waals surface area contributed by atoms with Crippen molar-refractivity contribution in [1.82, 2.24) is 13.7 Å². The molecular weight excluding hydrogens is 671 g/mol. The first kappa shape index (κ1) is 30.7. The molecule has 0 radical (unpaired) electrons. The normalized spacial score (nSPS) is 11.6. The minimum Gasteiger partial charge on any atom is -0.310 e. The molecule has 55 heavy (non-hydrogen) atoms. The number of fused-ring (bicyclic) bond motifs is 9. The van der Waals surface area contributed by atoms with Crippen molar-refractivity contribution in [3.05, 3.63) is 193 Å². The average Bonchev–Trinajstić information content (AvgIpc) is 3.89. The SMILES string of the molecule is [C-]#[N+]c1ccc(-c2ccc(-n3c4ccccc4c4c(-n5c6ccccc6c6cc(C#N)ccc65)cccc43)cc2)c(-n2c3ccccc3c3ccccc32)c1. The van der Waals surface area contributed by atoms with Crippen LogP contribution in [0.5, 0.6) is 0 Å². The molecule has 0 aliphatic heterocycles. The van der Waals surface area contributed by atoms with Gasteiger partial charge in [-0.1, -0.05) is 103 Å². The van der Waals surface area contributed by atoms with Gasteiger partial charge in [-0.15, -0.1) is 0 Å². The summed E-state index contributed by atoms with van der Waals surface area (Å²) in [5.74, 6) is 0. The zero-order valence-corrected chi connectivity index (χ0v) is 29.5. The van der Waals surface area contributed by atoms with Crippen molar-refractivity contribution in [1.29, 1.82) is 5.26 Å². The van der Waals surface area contributed by atoms with E-state index in [1.807, 2.05) is 24.3 Å². The van der Waals surface area contributed by atoms with Gasteiger partial charge in [-0.2, -0.15) is 5.26 Å². The van der Waals surface area contributed by atoms with Gasteiger partial charge in [0.15, 0.2) is 5.69 Å². The van der Waals surface area contributed by atoms with Crippen LogP contribution in [0.15, 0.2) is 176 Å². The van der Waals surface area contributed by atoms with Crippen LogP contribution in [0.3, 0.4) is 0 Å². The molecule has 0 fully saturated rings. The highest BCUT2D eigenvalue weighted by molar-refractivity contribution is 6.16. The van der Waals surface area contributed by atoms with E-state index in [1.165, 1.54) is 16.2 Å². The monoisotopic (exact) mass is 699 g/mol. The van der Waals surface area contributed by atoms with Gasteiger partial charge >= 0.3 is 0 Å². The Kier molecular flexibility index (Phi) is 6.61. The minimum atomic E-state index is 0.604. The molecule has 0 saturated carbocycles. The fourth-order valence-electron chi connectivity index (χ4n) is 8.76. The summed E-state index contributed by atoms with van der Waals surface area (Å²) in [6.45, 7) is 7.86. The van der Waals surface area contributed by atoms with E-state index in [1.54, 1.807) is 0 Å². The van der Waals surface area contributed by atoms with Gasteiger partial charge < -0.3 is 13.7 Å². The van der Waals surface area contributed by atoms with Crippen molar-refractivity contribution in [3.8, 4) is 34.3 Å². The second-order valence-electron chi connectivity index (χ2n) is 13.9. The Balaban J connectivity index is 1.11. The van der Waals surface area contributed by atoms with Gasteiger partial charge in [-0.3, -0.25) is 0 Å². The van der Waals surface area contributed by atoms with E-state index in [4.69, 9.17) is 6.57 Å². The molecule has 0 amide bonds. The number of hydrogen-bond acceptors (Lipinski definition) is 1. The molecule has 254 valence electrons. The van der Waals surface area contributed by atoms with Crippen LogP contribution in [0, 0.1) is 17.9 Å². The van der Waals surface area contributed by atoms with Crippen LogP contribution < -0.4 is 0 Å². The molecule has 11 aromatic rings. The van der Waals surface area contributed by atoms with Gasteiger partial charge in [0, 0.05) is 49.3 Å². The van der Waals surface area contributed by atoms with E-state index in [9.17, 15) is 5.26 Å². The highest BCUT2D eigenvalue weighted by Crippen LogP contribution is 2.42. The molecule has 3 heterocycles. The lowest BCUT2D eigenvalue weighted by Crippen LogP contribution is -1.98. The molecule has 5 nitrogen and oxygen atoms in total. The molecule has 0 saturated heterocycles. The van der Waals surface area contributed by atoms with Crippen molar-refractivity contribution in [2.24, 2.45) is 0 Å². The molecule has 0 atom stereocenters. The zero-order valence-electron chi connectivity index (χ0n) is 29.5. The summed E-state index contributed by atoms with van der Waals surface area (Å²) in [5.41, 5.74) is 13.1. The number of hydrogen-bond donors (Lipinski definition) is 0. The summed E-state index contributed by atoms with van der Waals surface area (Å²) in [5, 5.41) is 16.6. The van der Waals surface area contributed by atoms with Crippen LogP contribution in [0.2, 0.25) is 0 Å². The third-order valence-corrected chi connectivity index (χ3v) is 11.1. The zero-order chi connectivity index (χ0) is 36.6. The molecule has 0 unspecified atom stereocenters. The Morgan fingerprint density at radius 3 is 1.62 bits per heavy atom. The van der Waals surface area contributed by atoms with E-state index < -0.39 is 0 Å². The van der Waals surface area contributed by atoms with E-state index in [0.29, 0.717) is 11.3 Å². The number of nitriles is 1. The largest absolute Gasteiger partial charge is 0.310 e. The minimum absolute atomic E-state index is 0.604. The summed E-state index contributed by atoms with van der Waals surface area (Å²) in [6.07, 6.45) is 0. The first-order chi connectivity index (χ1) is 27.2. The van der Waals surface area contributed by atoms with Crippen molar-refractivity contribution in [2.75, 3.05) is 0 Å². The van der Waals surface area contributed by atoms with Gasteiger partial charge in [0.25, 0.3) is 0 Å². The number of para-hydroxylation sites is 4. The molecule has 0 aliphatic carbocycles. The topological polar surface area (TPSA) is 42.9 Å². The summed E-state index contributed by atoms with van der Waals surface area (Å²) < 4.78 is 7.00. The molecule has 8 aromatic carbocycles. The highest BCUT2D eigenvalue weighted by Gasteiger charge is 2.21. The average molecular weight is 700 g/mol. The standard InChI is InChI=1S/C50H29N5/c1-52-34-24-27-36(49(30-34)55-42-15-6-2-11-37(42)38-12-3-7-16-43(38)55)33-22-25-35(26-23-33)53-45-18-9-5-14-40(45)50-47(53)19-10-20-48(50)54-44-17-8-4-13-39(44)41-29-32(31-51)21-28-46(41)54/h2-30H. The molecule has 11 rings (SSSR count). The van der Waals surface area contributed by atoms with Crippen molar-refractivity contribution >= 4 is 71.1 Å². The fraction of sp³-hybridized carbons (Fsp3) is 0. The lowest BCUT2D eigenvalue weighted by Gasteiger charge is -2.16. The third kappa shape index (κ3) is 4.45. The maximum atomic E-state index is 9.73. The Bertz CT molecular complexity index is 3400. The smallest absolute Gasteiger partial charge is 0.189 e. The molecule has 3 aromatic heterocycles. The van der Waals surface area contributed by atoms with Crippen LogP contribution in [-0.4, -0.2) is 13.7 Å². The van der Waals surface area contributed by atoms with Crippen LogP contribution in [0.4, 0.5) is 5.69 Å². The second-order valence-corrected chi connectivity index (χ2v) is 13.9. The first-order valence-electron chi connectivity index (χ1n) is 18.3. The van der Waals surface area contributed by atoms with Crippen LogP contribution in [-0.2, 0) is 0 Å². The summed E-state index contributed by atoms with van der Waals surface area (Å²) >= 11 is 0. The molecular formula is C50H29N5. The number of aromatic nitrogens is 3. The molecule has 0 spiro atoms. The van der Waals surface area contributed by atoms with E-state index >= 15 is 0 Å². The number of benzene rings is 8. The Hall–Kier alpha value is -7.86.